The lowest BCUT2D eigenvalue weighted by molar-refractivity contribution is 0.0674. The van der Waals surface area contributed by atoms with E-state index in [4.69, 9.17) is 10.5 Å². The number of benzene rings is 1. The number of rotatable bonds is 3. The van der Waals surface area contributed by atoms with Gasteiger partial charge in [-0.25, -0.2) is 0 Å². The van der Waals surface area contributed by atoms with Crippen LogP contribution in [0.4, 0.5) is 0 Å². The van der Waals surface area contributed by atoms with Gasteiger partial charge in [0, 0.05) is 19.6 Å². The Hall–Kier alpha value is -1.55. The summed E-state index contributed by atoms with van der Waals surface area (Å²) < 4.78 is 5.31. The van der Waals surface area contributed by atoms with Crippen LogP contribution in [0.3, 0.4) is 0 Å². The molecule has 1 aliphatic heterocycles. The average Bonchev–Trinajstić information content (AvgIpc) is 2.42. The van der Waals surface area contributed by atoms with E-state index in [0.29, 0.717) is 5.96 Å². The fourth-order valence-electron chi connectivity index (χ4n) is 2.78. The van der Waals surface area contributed by atoms with Crippen LogP contribution in [0.15, 0.2) is 17.1 Å². The predicted molar refractivity (Wildman–Crippen MR) is 83.2 cm³/mol. The summed E-state index contributed by atoms with van der Waals surface area (Å²) in [5.41, 5.74) is 11.4. The molecule has 2 N–H and O–H groups in total. The maximum atomic E-state index is 6.03. The molecule has 0 atom stereocenters. The van der Waals surface area contributed by atoms with Gasteiger partial charge < -0.3 is 15.4 Å². The molecule has 0 aromatic heterocycles. The van der Waals surface area contributed by atoms with Gasteiger partial charge in [-0.05, 0) is 43.9 Å². The summed E-state index contributed by atoms with van der Waals surface area (Å²) in [4.78, 5) is 6.61. The summed E-state index contributed by atoms with van der Waals surface area (Å²) in [7, 11) is 0. The van der Waals surface area contributed by atoms with Gasteiger partial charge in [-0.2, -0.15) is 0 Å². The molecular formula is C16H25N3O. The van der Waals surface area contributed by atoms with Crippen LogP contribution < -0.4 is 5.73 Å². The molecule has 1 aliphatic rings. The van der Waals surface area contributed by atoms with E-state index in [9.17, 15) is 0 Å². The van der Waals surface area contributed by atoms with Gasteiger partial charge in [-0.15, -0.1) is 0 Å². The van der Waals surface area contributed by atoms with E-state index in [0.717, 1.165) is 39.3 Å². The summed E-state index contributed by atoms with van der Waals surface area (Å²) in [5, 5.41) is 0. The molecule has 0 amide bonds. The summed E-state index contributed by atoms with van der Waals surface area (Å²) in [6, 6.07) is 4.47. The van der Waals surface area contributed by atoms with Gasteiger partial charge >= 0.3 is 0 Å². The number of aryl methyl sites for hydroxylation is 3. The second kappa shape index (κ2) is 6.75. The van der Waals surface area contributed by atoms with Crippen molar-refractivity contribution in [3.8, 4) is 0 Å². The van der Waals surface area contributed by atoms with Crippen LogP contribution in [-0.2, 0) is 11.2 Å². The highest BCUT2D eigenvalue weighted by atomic mass is 16.5. The third-order valence-corrected chi connectivity index (χ3v) is 3.81. The maximum Gasteiger partial charge on any atom is 0.191 e. The van der Waals surface area contributed by atoms with Crippen LogP contribution in [0.1, 0.15) is 22.3 Å². The molecule has 1 fully saturated rings. The molecule has 4 heteroatoms. The first-order valence-electron chi connectivity index (χ1n) is 7.27. The molecule has 110 valence electrons. The van der Waals surface area contributed by atoms with Crippen molar-refractivity contribution in [1.29, 1.82) is 0 Å². The van der Waals surface area contributed by atoms with Gasteiger partial charge in [-0.3, -0.25) is 4.99 Å². The van der Waals surface area contributed by atoms with E-state index in [-0.39, 0.29) is 0 Å². The Bertz CT molecular complexity index is 467. The number of ether oxygens (including phenoxy) is 1. The molecule has 20 heavy (non-hydrogen) atoms. The third-order valence-electron chi connectivity index (χ3n) is 3.81. The maximum absolute atomic E-state index is 6.03. The van der Waals surface area contributed by atoms with Gasteiger partial charge in [0.15, 0.2) is 5.96 Å². The Labute approximate surface area is 121 Å². The minimum Gasteiger partial charge on any atom is -0.378 e. The predicted octanol–water partition coefficient (Wildman–Crippen LogP) is 1.80. The normalized spacial score (nSPS) is 16.6. The fourth-order valence-corrected chi connectivity index (χ4v) is 2.78. The molecule has 0 unspecified atom stereocenters. The zero-order chi connectivity index (χ0) is 14.5. The quantitative estimate of drug-likeness (QED) is 0.676. The van der Waals surface area contributed by atoms with Crippen LogP contribution in [0.25, 0.3) is 0 Å². The largest absolute Gasteiger partial charge is 0.378 e. The van der Waals surface area contributed by atoms with E-state index in [1.54, 1.807) is 0 Å². The molecule has 0 radical (unpaired) electrons. The Morgan fingerprint density at radius 2 is 1.80 bits per heavy atom. The standard InChI is InChI=1S/C16H25N3O/c1-12-10-13(2)15(14(3)11-12)4-5-18-16(17)19-6-8-20-9-7-19/h10-11H,4-9H2,1-3H3,(H2,17,18). The summed E-state index contributed by atoms with van der Waals surface area (Å²) in [5.74, 6) is 0.649. The molecule has 1 saturated heterocycles. The van der Waals surface area contributed by atoms with E-state index in [2.05, 4.69) is 42.8 Å². The summed E-state index contributed by atoms with van der Waals surface area (Å²) >= 11 is 0. The molecule has 1 aromatic carbocycles. The minimum atomic E-state index is 0.649. The van der Waals surface area contributed by atoms with Gasteiger partial charge in [0.2, 0.25) is 0 Å². The smallest absolute Gasteiger partial charge is 0.191 e. The van der Waals surface area contributed by atoms with Gasteiger partial charge in [0.05, 0.1) is 13.2 Å². The Kier molecular flexibility index (Phi) is 5.01. The molecule has 4 nitrogen and oxygen atoms in total. The zero-order valence-electron chi connectivity index (χ0n) is 12.8. The van der Waals surface area contributed by atoms with Crippen molar-refractivity contribution in [2.45, 2.75) is 27.2 Å². The molecule has 1 heterocycles. The number of nitrogens with two attached hydrogens (primary N) is 1. The fraction of sp³-hybridized carbons (Fsp3) is 0.562. The Morgan fingerprint density at radius 3 is 2.40 bits per heavy atom. The van der Waals surface area contributed by atoms with Crippen molar-refractivity contribution >= 4 is 5.96 Å². The van der Waals surface area contributed by atoms with Gasteiger partial charge in [0.25, 0.3) is 0 Å². The van der Waals surface area contributed by atoms with Gasteiger partial charge in [-0.1, -0.05) is 17.7 Å². The lowest BCUT2D eigenvalue weighted by Gasteiger charge is -2.27. The van der Waals surface area contributed by atoms with Gasteiger partial charge in [0.1, 0.15) is 0 Å². The van der Waals surface area contributed by atoms with Crippen molar-refractivity contribution in [3.63, 3.8) is 0 Å². The second-order valence-electron chi connectivity index (χ2n) is 5.47. The number of hydrogen-bond acceptors (Lipinski definition) is 2. The van der Waals surface area contributed by atoms with Crippen molar-refractivity contribution in [2.75, 3.05) is 32.8 Å². The highest BCUT2D eigenvalue weighted by molar-refractivity contribution is 5.78. The number of hydrogen-bond donors (Lipinski definition) is 1. The SMILES string of the molecule is Cc1cc(C)c(CCN=C(N)N2CCOCC2)c(C)c1. The molecule has 0 bridgehead atoms. The van der Waals surface area contributed by atoms with E-state index in [1.807, 2.05) is 0 Å². The first kappa shape index (κ1) is 14.9. The minimum absolute atomic E-state index is 0.649. The topological polar surface area (TPSA) is 50.8 Å². The van der Waals surface area contributed by atoms with Crippen molar-refractivity contribution in [3.05, 3.63) is 34.4 Å². The molecule has 0 spiro atoms. The highest BCUT2D eigenvalue weighted by Gasteiger charge is 2.12. The molecule has 0 aliphatic carbocycles. The lowest BCUT2D eigenvalue weighted by atomic mass is 9.97. The third kappa shape index (κ3) is 3.73. The second-order valence-corrected chi connectivity index (χ2v) is 5.47. The van der Waals surface area contributed by atoms with Crippen LogP contribution >= 0.6 is 0 Å². The number of morpholine rings is 1. The Balaban J connectivity index is 1.95. The first-order chi connectivity index (χ1) is 9.58. The summed E-state index contributed by atoms with van der Waals surface area (Å²) in [6.45, 7) is 10.4. The number of nitrogens with zero attached hydrogens (tertiary/aromatic N) is 2. The highest BCUT2D eigenvalue weighted by Crippen LogP contribution is 2.16. The van der Waals surface area contributed by atoms with Crippen LogP contribution in [0.2, 0.25) is 0 Å². The van der Waals surface area contributed by atoms with E-state index in [1.165, 1.54) is 22.3 Å². The van der Waals surface area contributed by atoms with Crippen LogP contribution in [0.5, 0.6) is 0 Å². The lowest BCUT2D eigenvalue weighted by Crippen LogP contribution is -2.44. The Morgan fingerprint density at radius 1 is 1.20 bits per heavy atom. The summed E-state index contributed by atoms with van der Waals surface area (Å²) in [6.07, 6.45) is 0.947. The first-order valence-corrected chi connectivity index (χ1v) is 7.27. The molecule has 2 rings (SSSR count). The van der Waals surface area contributed by atoms with Crippen molar-refractivity contribution in [1.82, 2.24) is 4.90 Å². The van der Waals surface area contributed by atoms with E-state index >= 15 is 0 Å². The average molecular weight is 275 g/mol. The van der Waals surface area contributed by atoms with Crippen molar-refractivity contribution in [2.24, 2.45) is 10.7 Å². The van der Waals surface area contributed by atoms with Crippen LogP contribution in [-0.4, -0.2) is 43.7 Å². The number of aliphatic imine (C=N–C) groups is 1. The number of guanidine groups is 1. The molecule has 0 saturated carbocycles. The molecular weight excluding hydrogens is 250 g/mol. The van der Waals surface area contributed by atoms with E-state index < -0.39 is 0 Å². The monoisotopic (exact) mass is 275 g/mol. The van der Waals surface area contributed by atoms with Crippen molar-refractivity contribution < 1.29 is 4.74 Å². The zero-order valence-corrected chi connectivity index (χ0v) is 12.8. The van der Waals surface area contributed by atoms with Crippen LogP contribution in [0, 0.1) is 20.8 Å². The molecule has 1 aromatic rings.